The van der Waals surface area contributed by atoms with Crippen molar-refractivity contribution in [3.63, 3.8) is 0 Å². The van der Waals surface area contributed by atoms with E-state index < -0.39 is 18.0 Å². The second-order valence-corrected chi connectivity index (χ2v) is 5.19. The highest BCUT2D eigenvalue weighted by atomic mass is 35.5. The van der Waals surface area contributed by atoms with Gasteiger partial charge in [0.2, 0.25) is 0 Å². The zero-order valence-electron chi connectivity index (χ0n) is 11.0. The van der Waals surface area contributed by atoms with Crippen molar-refractivity contribution in [2.75, 3.05) is 0 Å². The summed E-state index contributed by atoms with van der Waals surface area (Å²) >= 11 is 17.4. The number of benzene rings is 1. The molecule has 0 heterocycles. The Bertz CT molecular complexity index is 593. The van der Waals surface area contributed by atoms with E-state index in [0.29, 0.717) is 0 Å². The first-order valence-electron chi connectivity index (χ1n) is 5.84. The predicted molar refractivity (Wildman–Crippen MR) is 80.7 cm³/mol. The van der Waals surface area contributed by atoms with Crippen molar-refractivity contribution < 1.29 is 19.1 Å². The standard InChI is InChI=1S/C14H11Cl3O4/c1-3-8(2)20-13(18)4-5-14(19)21-12-7-10(16)9(15)6-11(12)17/h1,6-8H,4-5H2,2H3. The van der Waals surface area contributed by atoms with Crippen LogP contribution in [0.3, 0.4) is 0 Å². The first-order chi connectivity index (χ1) is 9.83. The zero-order chi connectivity index (χ0) is 16.0. The molecule has 1 atom stereocenters. The Morgan fingerprint density at radius 2 is 1.71 bits per heavy atom. The topological polar surface area (TPSA) is 52.6 Å². The molecule has 0 N–H and O–H groups in total. The molecule has 1 rings (SSSR count). The Morgan fingerprint density at radius 1 is 1.14 bits per heavy atom. The van der Waals surface area contributed by atoms with Gasteiger partial charge in [0.15, 0.2) is 11.9 Å². The van der Waals surface area contributed by atoms with E-state index in [4.69, 9.17) is 50.7 Å². The lowest BCUT2D eigenvalue weighted by Crippen LogP contribution is -2.16. The maximum absolute atomic E-state index is 11.6. The highest BCUT2D eigenvalue weighted by molar-refractivity contribution is 6.43. The number of carbonyl (C=O) groups is 2. The molecule has 4 nitrogen and oxygen atoms in total. The van der Waals surface area contributed by atoms with E-state index in [9.17, 15) is 9.59 Å². The third kappa shape index (κ3) is 5.84. The van der Waals surface area contributed by atoms with E-state index in [0.717, 1.165) is 0 Å². The highest BCUT2D eigenvalue weighted by Gasteiger charge is 2.14. The Kier molecular flexibility index (Phi) is 6.83. The number of carbonyl (C=O) groups excluding carboxylic acids is 2. The summed E-state index contributed by atoms with van der Waals surface area (Å²) in [5, 5.41) is 0.584. The van der Waals surface area contributed by atoms with Gasteiger partial charge in [0.1, 0.15) is 0 Å². The lowest BCUT2D eigenvalue weighted by atomic mass is 10.3. The molecule has 0 amide bonds. The summed E-state index contributed by atoms with van der Waals surface area (Å²) < 4.78 is 9.81. The quantitative estimate of drug-likeness (QED) is 0.350. The summed E-state index contributed by atoms with van der Waals surface area (Å²) in [6, 6.07) is 2.68. The summed E-state index contributed by atoms with van der Waals surface area (Å²) in [6.07, 6.45) is 4.10. The molecule has 1 aromatic carbocycles. The fourth-order valence-corrected chi connectivity index (χ4v) is 1.83. The van der Waals surface area contributed by atoms with Crippen LogP contribution in [0.5, 0.6) is 5.75 Å². The molecule has 0 saturated heterocycles. The van der Waals surface area contributed by atoms with Gasteiger partial charge in [0, 0.05) is 6.07 Å². The molecule has 21 heavy (non-hydrogen) atoms. The molecule has 0 saturated carbocycles. The second-order valence-electron chi connectivity index (χ2n) is 3.97. The minimum atomic E-state index is -0.652. The number of hydrogen-bond acceptors (Lipinski definition) is 4. The summed E-state index contributed by atoms with van der Waals surface area (Å²) in [5.41, 5.74) is 0. The molecule has 0 fully saturated rings. The lowest BCUT2D eigenvalue weighted by Gasteiger charge is -2.08. The largest absolute Gasteiger partial charge is 0.449 e. The normalized spacial score (nSPS) is 11.4. The third-order valence-electron chi connectivity index (χ3n) is 2.27. The number of rotatable bonds is 5. The average Bonchev–Trinajstić information content (AvgIpc) is 2.42. The fraction of sp³-hybridized carbons (Fsp3) is 0.286. The number of terminal acetylenes is 1. The molecule has 0 bridgehead atoms. The first kappa shape index (κ1) is 17.6. The molecule has 0 aliphatic carbocycles. The second kappa shape index (κ2) is 8.14. The van der Waals surface area contributed by atoms with Gasteiger partial charge in [0.25, 0.3) is 0 Å². The molecular weight excluding hydrogens is 339 g/mol. The van der Waals surface area contributed by atoms with Crippen molar-refractivity contribution in [3.05, 3.63) is 27.2 Å². The predicted octanol–water partition coefficient (Wildman–Crippen LogP) is 3.90. The SMILES string of the molecule is C#CC(C)OC(=O)CCC(=O)Oc1cc(Cl)c(Cl)cc1Cl. The number of hydrogen-bond donors (Lipinski definition) is 0. The van der Waals surface area contributed by atoms with E-state index in [1.165, 1.54) is 12.1 Å². The summed E-state index contributed by atoms with van der Waals surface area (Å²) in [6.45, 7) is 1.55. The van der Waals surface area contributed by atoms with Gasteiger partial charge in [-0.2, -0.15) is 0 Å². The Hall–Kier alpha value is -1.41. The van der Waals surface area contributed by atoms with Crippen LogP contribution in [0.25, 0.3) is 0 Å². The Morgan fingerprint density at radius 3 is 2.33 bits per heavy atom. The van der Waals surface area contributed by atoms with Gasteiger partial charge in [-0.1, -0.05) is 40.7 Å². The number of halogens is 3. The molecule has 0 aliphatic rings. The molecule has 0 aliphatic heterocycles. The third-order valence-corrected chi connectivity index (χ3v) is 3.29. The van der Waals surface area contributed by atoms with Gasteiger partial charge < -0.3 is 9.47 Å². The zero-order valence-corrected chi connectivity index (χ0v) is 13.3. The van der Waals surface area contributed by atoms with E-state index in [1.807, 2.05) is 0 Å². The van der Waals surface area contributed by atoms with Gasteiger partial charge in [0.05, 0.1) is 27.9 Å². The van der Waals surface area contributed by atoms with Gasteiger partial charge >= 0.3 is 11.9 Å². The van der Waals surface area contributed by atoms with Gasteiger partial charge in [-0.05, 0) is 13.0 Å². The average molecular weight is 350 g/mol. The maximum Gasteiger partial charge on any atom is 0.311 e. The molecule has 0 aromatic heterocycles. The van der Waals surface area contributed by atoms with Crippen LogP contribution in [0.1, 0.15) is 19.8 Å². The first-order valence-corrected chi connectivity index (χ1v) is 6.97. The van der Waals surface area contributed by atoms with Crippen LogP contribution in [-0.2, 0) is 14.3 Å². The van der Waals surface area contributed by atoms with E-state index in [-0.39, 0.29) is 33.7 Å². The Labute approximate surface area is 137 Å². The highest BCUT2D eigenvalue weighted by Crippen LogP contribution is 2.34. The molecular formula is C14H11Cl3O4. The van der Waals surface area contributed by atoms with Crippen molar-refractivity contribution in [3.8, 4) is 18.1 Å². The minimum absolute atomic E-state index is 0.0708. The van der Waals surface area contributed by atoms with Crippen LogP contribution in [0.15, 0.2) is 12.1 Å². The van der Waals surface area contributed by atoms with Crippen LogP contribution < -0.4 is 4.74 Å². The summed E-state index contributed by atoms with van der Waals surface area (Å²) in [5.74, 6) is 1.07. The van der Waals surface area contributed by atoms with Crippen LogP contribution >= 0.6 is 34.8 Å². The lowest BCUT2D eigenvalue weighted by molar-refractivity contribution is -0.148. The van der Waals surface area contributed by atoms with Gasteiger partial charge in [-0.15, -0.1) is 6.42 Å². The molecule has 0 radical (unpaired) electrons. The molecule has 1 aromatic rings. The van der Waals surface area contributed by atoms with Crippen molar-refractivity contribution in [2.45, 2.75) is 25.9 Å². The molecule has 0 spiro atoms. The van der Waals surface area contributed by atoms with Crippen molar-refractivity contribution >= 4 is 46.7 Å². The number of esters is 2. The van der Waals surface area contributed by atoms with Crippen LogP contribution in [-0.4, -0.2) is 18.0 Å². The van der Waals surface area contributed by atoms with E-state index in [2.05, 4.69) is 5.92 Å². The fourth-order valence-electron chi connectivity index (χ4n) is 1.25. The Balaban J connectivity index is 2.53. The van der Waals surface area contributed by atoms with Crippen LogP contribution in [0.4, 0.5) is 0 Å². The van der Waals surface area contributed by atoms with E-state index in [1.54, 1.807) is 6.92 Å². The molecule has 7 heteroatoms. The van der Waals surface area contributed by atoms with Crippen LogP contribution in [0, 0.1) is 12.3 Å². The smallest absolute Gasteiger partial charge is 0.311 e. The molecule has 1 unspecified atom stereocenters. The summed E-state index contributed by atoms with van der Waals surface area (Å²) in [7, 11) is 0. The van der Waals surface area contributed by atoms with Crippen molar-refractivity contribution in [1.82, 2.24) is 0 Å². The van der Waals surface area contributed by atoms with E-state index >= 15 is 0 Å². The van der Waals surface area contributed by atoms with Crippen LogP contribution in [0.2, 0.25) is 15.1 Å². The summed E-state index contributed by atoms with van der Waals surface area (Å²) in [4.78, 5) is 23.0. The minimum Gasteiger partial charge on any atom is -0.449 e. The maximum atomic E-state index is 11.6. The van der Waals surface area contributed by atoms with Gasteiger partial charge in [-0.3, -0.25) is 9.59 Å². The number of ether oxygens (including phenoxy) is 2. The van der Waals surface area contributed by atoms with Crippen molar-refractivity contribution in [2.24, 2.45) is 0 Å². The van der Waals surface area contributed by atoms with Crippen molar-refractivity contribution in [1.29, 1.82) is 0 Å². The van der Waals surface area contributed by atoms with Gasteiger partial charge in [-0.25, -0.2) is 0 Å². The molecule has 112 valence electrons. The monoisotopic (exact) mass is 348 g/mol.